The molecule has 0 aliphatic carbocycles. The minimum Gasteiger partial charge on any atom is -0.368 e. The van der Waals surface area contributed by atoms with E-state index >= 15 is 0 Å². The number of likely N-dealkylation sites (tertiary alicyclic amines) is 1. The lowest BCUT2D eigenvalue weighted by molar-refractivity contribution is 0.176. The zero-order valence-electron chi connectivity index (χ0n) is 16.5. The van der Waals surface area contributed by atoms with Crippen LogP contribution in [0, 0.1) is 0 Å². The van der Waals surface area contributed by atoms with Gasteiger partial charge < -0.3 is 14.8 Å². The summed E-state index contributed by atoms with van der Waals surface area (Å²) in [5.74, 6) is 0.250. The molecule has 0 atom stereocenters. The number of imidazole rings is 1. The summed E-state index contributed by atoms with van der Waals surface area (Å²) < 4.78 is 7.16. The summed E-state index contributed by atoms with van der Waals surface area (Å²) in [6.07, 6.45) is 11.1. The molecule has 0 unspecified atom stereocenters. The molecule has 1 saturated heterocycles. The number of anilines is 1. The maximum absolute atomic E-state index is 5.85. The van der Waals surface area contributed by atoms with Gasteiger partial charge in [0.15, 0.2) is 0 Å². The van der Waals surface area contributed by atoms with E-state index in [9.17, 15) is 0 Å². The smallest absolute Gasteiger partial charge is 0.220 e. The van der Waals surface area contributed by atoms with Crippen LogP contribution >= 0.6 is 0 Å². The van der Waals surface area contributed by atoms with Gasteiger partial charge in [-0.25, -0.2) is 15.0 Å². The monoisotopic (exact) mass is 391 g/mol. The molecule has 1 fully saturated rings. The van der Waals surface area contributed by atoms with E-state index in [2.05, 4.69) is 36.2 Å². The number of hydrogen-bond donors (Lipinski definition) is 1. The normalized spacial score (nSPS) is 15.9. The van der Waals surface area contributed by atoms with Gasteiger partial charge in [-0.2, -0.15) is 0 Å². The van der Waals surface area contributed by atoms with Crippen LogP contribution in [0.5, 0.6) is 0 Å². The van der Waals surface area contributed by atoms with Gasteiger partial charge in [0.25, 0.3) is 0 Å². The van der Waals surface area contributed by atoms with Crippen molar-refractivity contribution in [2.75, 3.05) is 18.8 Å². The fraction of sp³-hybridized carbons (Fsp3) is 0.333. The molecule has 0 aromatic carbocycles. The molecule has 4 heterocycles. The Hall–Kier alpha value is -3.26. The van der Waals surface area contributed by atoms with E-state index in [1.54, 1.807) is 12.5 Å². The molecular weight excluding hydrogens is 366 g/mol. The molecule has 0 amide bonds. The standard InChI is InChI=1S/C21H25N7O/c1-3-4-15(2)19-20(18-5-9-23-21(22)25-18)28(14-24-19)17-6-10-27(11-7-17)13-16-8-12-29-26-16/h3-5,8-9,12,14,17H,2,6-7,10-11,13H2,1H3,(H2,22,23,25). The van der Waals surface area contributed by atoms with Crippen molar-refractivity contribution in [3.05, 3.63) is 61.0 Å². The van der Waals surface area contributed by atoms with Gasteiger partial charge in [0.2, 0.25) is 5.95 Å². The first-order valence-corrected chi connectivity index (χ1v) is 9.75. The number of hydrogen-bond acceptors (Lipinski definition) is 7. The highest BCUT2D eigenvalue weighted by Gasteiger charge is 2.26. The van der Waals surface area contributed by atoms with Crippen LogP contribution in [0.3, 0.4) is 0 Å². The van der Waals surface area contributed by atoms with Crippen molar-refractivity contribution < 1.29 is 4.52 Å². The highest BCUT2D eigenvalue weighted by Crippen LogP contribution is 2.33. The molecular formula is C21H25N7O. The van der Waals surface area contributed by atoms with Gasteiger partial charge in [0.1, 0.15) is 6.26 Å². The maximum atomic E-state index is 5.85. The molecule has 1 aliphatic rings. The zero-order chi connectivity index (χ0) is 20.2. The third-order valence-corrected chi connectivity index (χ3v) is 5.21. The highest BCUT2D eigenvalue weighted by molar-refractivity contribution is 5.79. The van der Waals surface area contributed by atoms with E-state index in [-0.39, 0.29) is 5.95 Å². The molecule has 1 aliphatic heterocycles. The zero-order valence-corrected chi connectivity index (χ0v) is 16.5. The summed E-state index contributed by atoms with van der Waals surface area (Å²) in [5.41, 5.74) is 10.2. The average molecular weight is 391 g/mol. The summed E-state index contributed by atoms with van der Waals surface area (Å²) in [6.45, 7) is 8.91. The van der Waals surface area contributed by atoms with Crippen LogP contribution in [0.2, 0.25) is 0 Å². The number of piperidine rings is 1. The Bertz CT molecular complexity index is 998. The average Bonchev–Trinajstić information content (AvgIpc) is 3.39. The second-order valence-electron chi connectivity index (χ2n) is 7.17. The SMILES string of the molecule is C=C(C=CC)c1ncn(C2CCN(Cc3ccon3)CC2)c1-c1ccnc(N)n1. The van der Waals surface area contributed by atoms with Gasteiger partial charge in [-0.3, -0.25) is 4.90 Å². The number of nitrogens with two attached hydrogens (primary N) is 1. The second kappa shape index (κ2) is 8.40. The molecule has 0 radical (unpaired) electrons. The first kappa shape index (κ1) is 19.1. The predicted octanol–water partition coefficient (Wildman–Crippen LogP) is 3.34. The van der Waals surface area contributed by atoms with E-state index in [0.717, 1.165) is 60.8 Å². The fourth-order valence-electron chi connectivity index (χ4n) is 3.82. The minimum absolute atomic E-state index is 0.250. The van der Waals surface area contributed by atoms with Crippen LogP contribution in [0.4, 0.5) is 5.95 Å². The minimum atomic E-state index is 0.250. The van der Waals surface area contributed by atoms with Gasteiger partial charge in [0, 0.05) is 37.9 Å². The molecule has 3 aromatic heterocycles. The maximum Gasteiger partial charge on any atom is 0.220 e. The molecule has 29 heavy (non-hydrogen) atoms. The van der Waals surface area contributed by atoms with Crippen LogP contribution in [-0.4, -0.2) is 42.7 Å². The van der Waals surface area contributed by atoms with E-state index in [1.807, 2.05) is 37.5 Å². The number of aromatic nitrogens is 5. The van der Waals surface area contributed by atoms with Crippen LogP contribution < -0.4 is 5.73 Å². The molecule has 150 valence electrons. The lowest BCUT2D eigenvalue weighted by atomic mass is 10.0. The molecule has 0 saturated carbocycles. The van der Waals surface area contributed by atoms with E-state index in [4.69, 9.17) is 10.3 Å². The first-order valence-electron chi connectivity index (χ1n) is 9.75. The second-order valence-corrected chi connectivity index (χ2v) is 7.17. The van der Waals surface area contributed by atoms with Crippen LogP contribution in [0.25, 0.3) is 17.0 Å². The Kier molecular flexibility index (Phi) is 5.53. The summed E-state index contributed by atoms with van der Waals surface area (Å²) >= 11 is 0. The van der Waals surface area contributed by atoms with Gasteiger partial charge in [-0.15, -0.1) is 0 Å². The van der Waals surface area contributed by atoms with Gasteiger partial charge in [-0.05, 0) is 31.4 Å². The summed E-state index contributed by atoms with van der Waals surface area (Å²) in [6, 6.07) is 4.11. The van der Waals surface area contributed by atoms with Crippen molar-refractivity contribution in [2.45, 2.75) is 32.4 Å². The lowest BCUT2D eigenvalue weighted by Crippen LogP contribution is -2.34. The number of allylic oxidation sites excluding steroid dienone is 3. The predicted molar refractivity (Wildman–Crippen MR) is 112 cm³/mol. The number of rotatable bonds is 6. The highest BCUT2D eigenvalue weighted by atomic mass is 16.5. The van der Waals surface area contributed by atoms with Crippen molar-refractivity contribution in [3.63, 3.8) is 0 Å². The number of nitrogens with zero attached hydrogens (tertiary/aromatic N) is 6. The van der Waals surface area contributed by atoms with E-state index < -0.39 is 0 Å². The Morgan fingerprint density at radius 3 is 2.83 bits per heavy atom. The molecule has 8 nitrogen and oxygen atoms in total. The largest absolute Gasteiger partial charge is 0.368 e. The van der Waals surface area contributed by atoms with Gasteiger partial charge in [0.05, 0.1) is 29.1 Å². The van der Waals surface area contributed by atoms with Crippen LogP contribution in [-0.2, 0) is 6.54 Å². The first-order chi connectivity index (χ1) is 14.2. The Labute approximate surface area is 169 Å². The van der Waals surface area contributed by atoms with Crippen molar-refractivity contribution in [1.29, 1.82) is 0 Å². The Morgan fingerprint density at radius 1 is 1.31 bits per heavy atom. The molecule has 0 bridgehead atoms. The third-order valence-electron chi connectivity index (χ3n) is 5.21. The molecule has 0 spiro atoms. The van der Waals surface area contributed by atoms with Crippen molar-refractivity contribution in [2.24, 2.45) is 0 Å². The summed E-state index contributed by atoms with van der Waals surface area (Å²) in [5, 5.41) is 4.02. The van der Waals surface area contributed by atoms with Crippen molar-refractivity contribution >= 4 is 11.5 Å². The number of nitrogen functional groups attached to an aromatic ring is 1. The molecule has 2 N–H and O–H groups in total. The Balaban J connectivity index is 1.60. The molecule has 4 rings (SSSR count). The quantitative estimate of drug-likeness (QED) is 0.643. The Morgan fingerprint density at radius 2 is 2.14 bits per heavy atom. The lowest BCUT2D eigenvalue weighted by Gasteiger charge is -2.32. The van der Waals surface area contributed by atoms with Crippen molar-refractivity contribution in [3.8, 4) is 11.4 Å². The summed E-state index contributed by atoms with van der Waals surface area (Å²) in [7, 11) is 0. The van der Waals surface area contributed by atoms with Crippen molar-refractivity contribution in [1.82, 2.24) is 29.6 Å². The fourth-order valence-corrected chi connectivity index (χ4v) is 3.82. The van der Waals surface area contributed by atoms with E-state index in [1.165, 1.54) is 0 Å². The third kappa shape index (κ3) is 4.12. The molecule has 3 aromatic rings. The van der Waals surface area contributed by atoms with E-state index in [0.29, 0.717) is 6.04 Å². The van der Waals surface area contributed by atoms with Crippen LogP contribution in [0.1, 0.15) is 37.2 Å². The molecule has 8 heteroatoms. The van der Waals surface area contributed by atoms with Gasteiger partial charge >= 0.3 is 0 Å². The summed E-state index contributed by atoms with van der Waals surface area (Å²) in [4.78, 5) is 15.5. The van der Waals surface area contributed by atoms with Gasteiger partial charge in [-0.1, -0.05) is 23.9 Å². The van der Waals surface area contributed by atoms with Crippen LogP contribution in [0.15, 0.2) is 54.2 Å². The topological polar surface area (TPSA) is 98.9 Å².